The molecule has 0 spiro atoms. The number of hydrogen-bond donors (Lipinski definition) is 0. The van der Waals surface area contributed by atoms with Crippen LogP contribution in [0.15, 0.2) is 36.4 Å². The summed E-state index contributed by atoms with van der Waals surface area (Å²) in [6.07, 6.45) is 0. The Hall–Kier alpha value is -2.13. The van der Waals surface area contributed by atoms with Gasteiger partial charge in [-0.25, -0.2) is 4.79 Å². The molecule has 0 aromatic heterocycles. The Kier molecular flexibility index (Phi) is 4.43. The van der Waals surface area contributed by atoms with Gasteiger partial charge in [0.05, 0.1) is 5.56 Å². The van der Waals surface area contributed by atoms with E-state index >= 15 is 0 Å². The molecule has 0 aliphatic rings. The largest absolute Gasteiger partial charge is 0.422 e. The fourth-order valence-electron chi connectivity index (χ4n) is 2.17. The molecular weight excluding hydrogens is 288 g/mol. The highest BCUT2D eigenvalue weighted by Crippen LogP contribution is 2.26. The molecule has 4 heteroatoms. The van der Waals surface area contributed by atoms with Crippen molar-refractivity contribution in [3.8, 4) is 5.75 Å². The van der Waals surface area contributed by atoms with Crippen LogP contribution in [-0.2, 0) is 0 Å². The first-order valence-corrected chi connectivity index (χ1v) is 6.87. The van der Waals surface area contributed by atoms with E-state index in [0.717, 1.165) is 5.56 Å². The topological polar surface area (TPSA) is 43.4 Å². The van der Waals surface area contributed by atoms with Gasteiger partial charge in [0, 0.05) is 5.56 Å². The van der Waals surface area contributed by atoms with Crippen LogP contribution in [0.1, 0.15) is 37.4 Å². The van der Waals surface area contributed by atoms with Crippen molar-refractivity contribution in [2.75, 3.05) is 0 Å². The monoisotopic (exact) mass is 302 g/mol. The minimum absolute atomic E-state index is 0.391. The van der Waals surface area contributed by atoms with Crippen molar-refractivity contribution < 1.29 is 14.3 Å². The fraction of sp³-hybridized carbons (Fsp3) is 0.176. The van der Waals surface area contributed by atoms with E-state index in [2.05, 4.69) is 0 Å². The molecule has 2 rings (SSSR count). The summed E-state index contributed by atoms with van der Waals surface area (Å²) in [5, 5.41) is -0.530. The average molecular weight is 303 g/mol. The molecule has 0 radical (unpaired) electrons. The molecule has 0 atom stereocenters. The van der Waals surface area contributed by atoms with E-state index in [-0.39, 0.29) is 0 Å². The second-order valence-corrected chi connectivity index (χ2v) is 5.26. The molecule has 2 aromatic rings. The Balaban J connectivity index is 2.34. The van der Waals surface area contributed by atoms with E-state index in [0.29, 0.717) is 28.0 Å². The van der Waals surface area contributed by atoms with Gasteiger partial charge in [-0.15, -0.1) is 0 Å². The first kappa shape index (κ1) is 15.3. The van der Waals surface area contributed by atoms with Gasteiger partial charge in [0.25, 0.3) is 5.24 Å². The molecule has 21 heavy (non-hydrogen) atoms. The van der Waals surface area contributed by atoms with Crippen LogP contribution in [0.4, 0.5) is 0 Å². The molecule has 2 aromatic carbocycles. The van der Waals surface area contributed by atoms with Crippen molar-refractivity contribution in [1.29, 1.82) is 0 Å². The van der Waals surface area contributed by atoms with Crippen molar-refractivity contribution in [3.63, 3.8) is 0 Å². The Labute approximate surface area is 128 Å². The second kappa shape index (κ2) is 6.10. The number of carbonyl (C=O) groups excluding carboxylic acids is 2. The molecule has 0 aliphatic heterocycles. The van der Waals surface area contributed by atoms with Crippen LogP contribution in [0.5, 0.6) is 5.75 Å². The van der Waals surface area contributed by atoms with Gasteiger partial charge in [0.2, 0.25) is 0 Å². The normalized spacial score (nSPS) is 10.3. The number of rotatable bonds is 3. The summed E-state index contributed by atoms with van der Waals surface area (Å²) in [4.78, 5) is 23.5. The quantitative estimate of drug-likeness (QED) is 0.484. The van der Waals surface area contributed by atoms with Crippen molar-refractivity contribution >= 4 is 22.8 Å². The van der Waals surface area contributed by atoms with E-state index in [1.54, 1.807) is 38.1 Å². The lowest BCUT2D eigenvalue weighted by atomic mass is 10.1. The summed E-state index contributed by atoms with van der Waals surface area (Å²) in [5.41, 5.74) is 3.16. The van der Waals surface area contributed by atoms with Crippen LogP contribution >= 0.6 is 11.6 Å². The lowest BCUT2D eigenvalue weighted by Crippen LogP contribution is -2.12. The molecule has 108 valence electrons. The number of carbonyl (C=O) groups is 2. The van der Waals surface area contributed by atoms with E-state index in [4.69, 9.17) is 16.3 Å². The van der Waals surface area contributed by atoms with Crippen LogP contribution in [-0.4, -0.2) is 11.2 Å². The first-order valence-electron chi connectivity index (χ1n) is 6.49. The van der Waals surface area contributed by atoms with Gasteiger partial charge in [0.1, 0.15) is 5.75 Å². The third-order valence-corrected chi connectivity index (χ3v) is 3.47. The Morgan fingerprint density at radius 2 is 1.52 bits per heavy atom. The summed E-state index contributed by atoms with van der Waals surface area (Å²) in [7, 11) is 0. The highest BCUT2D eigenvalue weighted by Gasteiger charge is 2.16. The van der Waals surface area contributed by atoms with E-state index < -0.39 is 11.2 Å². The molecule has 0 heterocycles. The summed E-state index contributed by atoms with van der Waals surface area (Å²) >= 11 is 5.48. The van der Waals surface area contributed by atoms with Crippen molar-refractivity contribution in [2.45, 2.75) is 20.8 Å². The Morgan fingerprint density at radius 1 is 0.952 bits per heavy atom. The molecule has 0 unspecified atom stereocenters. The maximum Gasteiger partial charge on any atom is 0.343 e. The number of esters is 1. The van der Waals surface area contributed by atoms with Gasteiger partial charge in [-0.1, -0.05) is 18.2 Å². The summed E-state index contributed by atoms with van der Waals surface area (Å²) in [6, 6.07) is 10.5. The highest BCUT2D eigenvalue weighted by atomic mass is 35.5. The molecule has 0 fully saturated rings. The van der Waals surface area contributed by atoms with Crippen molar-refractivity contribution in [1.82, 2.24) is 0 Å². The average Bonchev–Trinajstić information content (AvgIpc) is 2.42. The third-order valence-electron chi connectivity index (χ3n) is 3.25. The molecule has 0 amide bonds. The standard InChI is InChI=1S/C17H15ClO3/c1-10-6-4-5-7-14(10)17(20)21-15-11(2)8-13(16(18)19)9-12(15)3/h4-9H,1-3H3. The SMILES string of the molecule is Cc1ccccc1C(=O)Oc1c(C)cc(C(=O)Cl)cc1C. The van der Waals surface area contributed by atoms with Crippen LogP contribution in [0.3, 0.4) is 0 Å². The second-order valence-electron chi connectivity index (χ2n) is 4.92. The van der Waals surface area contributed by atoms with Crippen LogP contribution in [0, 0.1) is 20.8 Å². The molecule has 3 nitrogen and oxygen atoms in total. The Bertz CT molecular complexity index is 697. The number of halogens is 1. The minimum Gasteiger partial charge on any atom is -0.422 e. The zero-order chi connectivity index (χ0) is 15.6. The summed E-state index contributed by atoms with van der Waals surface area (Å²) in [5.74, 6) is 0.0502. The van der Waals surface area contributed by atoms with Gasteiger partial charge in [-0.3, -0.25) is 4.79 Å². The molecule has 0 N–H and O–H groups in total. The van der Waals surface area contributed by atoms with Crippen molar-refractivity contribution in [3.05, 3.63) is 64.2 Å². The molecule has 0 aliphatic carbocycles. The summed E-state index contributed by atoms with van der Waals surface area (Å²) < 4.78 is 5.48. The van der Waals surface area contributed by atoms with Crippen LogP contribution in [0.2, 0.25) is 0 Å². The van der Waals surface area contributed by atoms with Gasteiger partial charge < -0.3 is 4.74 Å². The Morgan fingerprint density at radius 3 is 2.05 bits per heavy atom. The van der Waals surface area contributed by atoms with Crippen LogP contribution < -0.4 is 4.74 Å². The van der Waals surface area contributed by atoms with E-state index in [1.165, 1.54) is 0 Å². The first-order chi connectivity index (χ1) is 9.90. The van der Waals surface area contributed by atoms with E-state index in [1.807, 2.05) is 19.1 Å². The zero-order valence-electron chi connectivity index (χ0n) is 12.1. The number of ether oxygens (including phenoxy) is 1. The lowest BCUT2D eigenvalue weighted by Gasteiger charge is -2.12. The minimum atomic E-state index is -0.530. The van der Waals surface area contributed by atoms with Gasteiger partial charge in [-0.05, 0) is 67.3 Å². The zero-order valence-corrected chi connectivity index (χ0v) is 12.8. The number of benzene rings is 2. The molecule has 0 saturated carbocycles. The van der Waals surface area contributed by atoms with Crippen LogP contribution in [0.25, 0.3) is 0 Å². The maximum absolute atomic E-state index is 12.2. The number of hydrogen-bond acceptors (Lipinski definition) is 3. The summed E-state index contributed by atoms with van der Waals surface area (Å²) in [6.45, 7) is 5.40. The highest BCUT2D eigenvalue weighted by molar-refractivity contribution is 6.67. The third kappa shape index (κ3) is 3.31. The maximum atomic E-state index is 12.2. The van der Waals surface area contributed by atoms with Gasteiger partial charge >= 0.3 is 5.97 Å². The smallest absolute Gasteiger partial charge is 0.343 e. The predicted octanol–water partition coefficient (Wildman–Crippen LogP) is 4.21. The lowest BCUT2D eigenvalue weighted by molar-refractivity contribution is 0.0731. The van der Waals surface area contributed by atoms with Crippen molar-refractivity contribution in [2.24, 2.45) is 0 Å². The fourth-order valence-corrected chi connectivity index (χ4v) is 2.28. The molecular formula is C17H15ClO3. The molecule has 0 saturated heterocycles. The predicted molar refractivity (Wildman–Crippen MR) is 82.2 cm³/mol. The number of aryl methyl sites for hydroxylation is 3. The van der Waals surface area contributed by atoms with Gasteiger partial charge in [0.15, 0.2) is 0 Å². The van der Waals surface area contributed by atoms with E-state index in [9.17, 15) is 9.59 Å². The van der Waals surface area contributed by atoms with Gasteiger partial charge in [-0.2, -0.15) is 0 Å². The molecule has 0 bridgehead atoms.